The van der Waals surface area contributed by atoms with E-state index in [9.17, 15) is 9.90 Å². The molecule has 1 N–H and O–H groups in total. The monoisotopic (exact) mass is 342 g/mol. The van der Waals surface area contributed by atoms with Crippen molar-refractivity contribution in [1.82, 2.24) is 9.88 Å². The van der Waals surface area contributed by atoms with E-state index in [0.29, 0.717) is 13.0 Å². The molecule has 4 nitrogen and oxygen atoms in total. The lowest BCUT2D eigenvalue weighted by Crippen LogP contribution is -2.37. The Morgan fingerprint density at radius 3 is 2.69 bits per heavy atom. The van der Waals surface area contributed by atoms with Gasteiger partial charge in [0, 0.05) is 42.7 Å². The molecule has 1 fully saturated rings. The molecule has 1 atom stereocenters. The summed E-state index contributed by atoms with van der Waals surface area (Å²) in [6, 6.07) is 17.8. The number of pyridine rings is 1. The van der Waals surface area contributed by atoms with E-state index < -0.39 is 5.60 Å². The molecule has 0 spiro atoms. The highest BCUT2D eigenvalue weighted by molar-refractivity contribution is 5.90. The highest BCUT2D eigenvalue weighted by Gasteiger charge is 2.42. The van der Waals surface area contributed by atoms with Gasteiger partial charge in [-0.2, -0.15) is 0 Å². The van der Waals surface area contributed by atoms with E-state index in [1.54, 1.807) is 7.05 Å². The standard InChI is InChI=1S/C22H18N2O2/c1-24-12-11-22(26,21(24)25)10-9-16-5-4-8-18(13-16)20-14-17-6-2-3-7-19(17)15-23-20/h2-8,13-15,26H,11-12H2,1H3/t22-/m0/s1. The molecule has 128 valence electrons. The van der Waals surface area contributed by atoms with E-state index in [1.165, 1.54) is 4.90 Å². The van der Waals surface area contributed by atoms with E-state index in [2.05, 4.69) is 22.9 Å². The molecule has 1 amide bonds. The minimum absolute atomic E-state index is 0.335. The van der Waals surface area contributed by atoms with Crippen molar-refractivity contribution in [2.75, 3.05) is 13.6 Å². The van der Waals surface area contributed by atoms with Crippen LogP contribution in [0.1, 0.15) is 12.0 Å². The number of aliphatic hydroxyl groups is 1. The Morgan fingerprint density at radius 1 is 1.12 bits per heavy atom. The summed E-state index contributed by atoms with van der Waals surface area (Å²) >= 11 is 0. The predicted molar refractivity (Wildman–Crippen MR) is 101 cm³/mol. The van der Waals surface area contributed by atoms with Crippen LogP contribution in [0.4, 0.5) is 0 Å². The number of fused-ring (bicyclic) bond motifs is 1. The fourth-order valence-electron chi connectivity index (χ4n) is 3.14. The molecule has 4 rings (SSSR count). The van der Waals surface area contributed by atoms with E-state index in [-0.39, 0.29) is 5.91 Å². The van der Waals surface area contributed by atoms with Crippen LogP contribution in [-0.4, -0.2) is 40.1 Å². The average Bonchev–Trinajstić information content (AvgIpc) is 2.94. The zero-order chi connectivity index (χ0) is 18.1. The molecule has 1 saturated heterocycles. The van der Waals surface area contributed by atoms with Crippen LogP contribution in [0, 0.1) is 11.8 Å². The van der Waals surface area contributed by atoms with E-state index >= 15 is 0 Å². The zero-order valence-corrected chi connectivity index (χ0v) is 14.4. The molecule has 1 aliphatic heterocycles. The first-order valence-corrected chi connectivity index (χ1v) is 8.51. The highest BCUT2D eigenvalue weighted by atomic mass is 16.3. The first kappa shape index (κ1) is 16.3. The van der Waals surface area contributed by atoms with Crippen molar-refractivity contribution in [3.63, 3.8) is 0 Å². The summed E-state index contributed by atoms with van der Waals surface area (Å²) in [7, 11) is 1.67. The van der Waals surface area contributed by atoms with E-state index in [0.717, 1.165) is 27.6 Å². The van der Waals surface area contributed by atoms with Crippen LogP contribution in [0.15, 0.2) is 60.8 Å². The van der Waals surface area contributed by atoms with Gasteiger partial charge in [0.25, 0.3) is 5.91 Å². The van der Waals surface area contributed by atoms with Crippen molar-refractivity contribution in [3.05, 3.63) is 66.4 Å². The Balaban J connectivity index is 1.67. The molecule has 0 bridgehead atoms. The lowest BCUT2D eigenvalue weighted by molar-refractivity contribution is -0.137. The Kier molecular flexibility index (Phi) is 3.95. The number of hydrogen-bond acceptors (Lipinski definition) is 3. The normalized spacial score (nSPS) is 19.5. The summed E-state index contributed by atoms with van der Waals surface area (Å²) in [6.45, 7) is 0.519. The number of amides is 1. The Morgan fingerprint density at radius 2 is 1.92 bits per heavy atom. The van der Waals surface area contributed by atoms with Crippen LogP contribution in [-0.2, 0) is 4.79 Å². The summed E-state index contributed by atoms with van der Waals surface area (Å²) in [5.41, 5.74) is 0.978. The number of carbonyl (C=O) groups is 1. The number of likely N-dealkylation sites (N-methyl/N-ethyl adjacent to an activating group) is 1. The Labute approximate surface area is 152 Å². The van der Waals surface area contributed by atoms with Crippen LogP contribution in [0.25, 0.3) is 22.0 Å². The van der Waals surface area contributed by atoms with Crippen molar-refractivity contribution in [2.24, 2.45) is 0 Å². The number of aromatic nitrogens is 1. The number of hydrogen-bond donors (Lipinski definition) is 1. The van der Waals surface area contributed by atoms with Crippen molar-refractivity contribution < 1.29 is 9.90 Å². The SMILES string of the molecule is CN1CC[C@@](O)(C#Cc2cccc(-c3cc4ccccc4cn3)c2)C1=O. The first-order chi connectivity index (χ1) is 12.5. The number of nitrogens with zero attached hydrogens (tertiary/aromatic N) is 2. The average molecular weight is 342 g/mol. The quantitative estimate of drug-likeness (QED) is 0.692. The van der Waals surface area contributed by atoms with Crippen molar-refractivity contribution in [1.29, 1.82) is 0 Å². The number of likely N-dealkylation sites (tertiary alicyclic amines) is 1. The van der Waals surface area contributed by atoms with Crippen molar-refractivity contribution >= 4 is 16.7 Å². The summed E-state index contributed by atoms with van der Waals surface area (Å²) in [6.07, 6.45) is 2.19. The zero-order valence-electron chi connectivity index (χ0n) is 14.4. The molecule has 0 saturated carbocycles. The Hall–Kier alpha value is -3.16. The molecule has 0 radical (unpaired) electrons. The third-order valence-electron chi connectivity index (χ3n) is 4.71. The van der Waals surface area contributed by atoms with Crippen LogP contribution in [0.3, 0.4) is 0 Å². The molecule has 0 unspecified atom stereocenters. The van der Waals surface area contributed by atoms with Gasteiger partial charge in [0.2, 0.25) is 5.60 Å². The van der Waals surface area contributed by atoms with Crippen molar-refractivity contribution in [2.45, 2.75) is 12.0 Å². The van der Waals surface area contributed by atoms with Gasteiger partial charge >= 0.3 is 0 Å². The topological polar surface area (TPSA) is 53.4 Å². The molecule has 0 aliphatic carbocycles. The maximum Gasteiger partial charge on any atom is 0.267 e. The number of carbonyl (C=O) groups excluding carboxylic acids is 1. The van der Waals surface area contributed by atoms with Crippen LogP contribution >= 0.6 is 0 Å². The van der Waals surface area contributed by atoms with Crippen LogP contribution in [0.2, 0.25) is 0 Å². The second kappa shape index (κ2) is 6.29. The lowest BCUT2D eigenvalue weighted by Gasteiger charge is -2.13. The van der Waals surface area contributed by atoms with Gasteiger partial charge in [0.1, 0.15) is 0 Å². The highest BCUT2D eigenvalue weighted by Crippen LogP contribution is 2.23. The summed E-state index contributed by atoms with van der Waals surface area (Å²) in [5, 5.41) is 12.6. The molecular weight excluding hydrogens is 324 g/mol. The summed E-state index contributed by atoms with van der Waals surface area (Å²) < 4.78 is 0. The molecule has 1 aromatic heterocycles. The maximum atomic E-state index is 12.0. The van der Waals surface area contributed by atoms with Gasteiger partial charge in [-0.15, -0.1) is 0 Å². The fourth-order valence-corrected chi connectivity index (χ4v) is 3.14. The van der Waals surface area contributed by atoms with Gasteiger partial charge in [-0.05, 0) is 23.6 Å². The minimum Gasteiger partial charge on any atom is -0.369 e. The van der Waals surface area contributed by atoms with Gasteiger partial charge in [-0.25, -0.2) is 0 Å². The smallest absolute Gasteiger partial charge is 0.267 e. The van der Waals surface area contributed by atoms with E-state index in [4.69, 9.17) is 0 Å². The Bertz CT molecular complexity index is 1060. The van der Waals surface area contributed by atoms with Crippen LogP contribution < -0.4 is 0 Å². The van der Waals surface area contributed by atoms with Crippen LogP contribution in [0.5, 0.6) is 0 Å². The second-order valence-corrected chi connectivity index (χ2v) is 6.58. The van der Waals surface area contributed by atoms with Gasteiger partial charge in [0.05, 0.1) is 5.69 Å². The fraction of sp³-hybridized carbons (Fsp3) is 0.182. The summed E-state index contributed by atoms with van der Waals surface area (Å²) in [4.78, 5) is 18.1. The lowest BCUT2D eigenvalue weighted by atomic mass is 10.0. The predicted octanol–water partition coefficient (Wildman–Crippen LogP) is 2.85. The van der Waals surface area contributed by atoms with E-state index in [1.807, 2.05) is 54.7 Å². The molecule has 1 aliphatic rings. The second-order valence-electron chi connectivity index (χ2n) is 6.58. The van der Waals surface area contributed by atoms with Crippen molar-refractivity contribution in [3.8, 4) is 23.1 Å². The van der Waals surface area contributed by atoms with Gasteiger partial charge < -0.3 is 10.0 Å². The summed E-state index contributed by atoms with van der Waals surface area (Å²) in [5.74, 6) is 5.37. The molecule has 3 aromatic rings. The van der Waals surface area contributed by atoms with Gasteiger partial charge in [-0.3, -0.25) is 9.78 Å². The minimum atomic E-state index is -1.58. The third kappa shape index (κ3) is 2.94. The van der Waals surface area contributed by atoms with Gasteiger partial charge in [0.15, 0.2) is 0 Å². The largest absolute Gasteiger partial charge is 0.369 e. The van der Waals surface area contributed by atoms with Gasteiger partial charge in [-0.1, -0.05) is 48.2 Å². The molecular formula is C22H18N2O2. The molecule has 26 heavy (non-hydrogen) atoms. The molecule has 2 heterocycles. The third-order valence-corrected chi connectivity index (χ3v) is 4.71. The first-order valence-electron chi connectivity index (χ1n) is 8.51. The molecule has 2 aromatic carbocycles. The number of rotatable bonds is 1. The molecule has 4 heteroatoms. The number of benzene rings is 2. The maximum absolute atomic E-state index is 12.0.